The third-order valence-electron chi connectivity index (χ3n) is 8.50. The highest BCUT2D eigenvalue weighted by atomic mass is 16.7. The molecule has 310 valence electrons. The van der Waals surface area contributed by atoms with Crippen LogP contribution in [0, 0.1) is 0 Å². The molecule has 0 spiro atoms. The number of rotatable bonds is 37. The minimum atomic E-state index is -1.63. The van der Waals surface area contributed by atoms with Crippen LogP contribution in [0.3, 0.4) is 0 Å². The molecule has 0 aliphatic rings. The number of unbranched alkanes of at least 4 members (excludes halogenated alkanes) is 12. The van der Waals surface area contributed by atoms with Crippen molar-refractivity contribution >= 4 is 17.9 Å². The fourth-order valence-corrected chi connectivity index (χ4v) is 5.22. The van der Waals surface area contributed by atoms with Crippen LogP contribution in [0.15, 0.2) is 60.8 Å². The number of quaternary nitrogens is 1. The molecule has 0 aliphatic carbocycles. The molecule has 0 rings (SSSR count). The van der Waals surface area contributed by atoms with Crippen LogP contribution in [-0.2, 0) is 33.3 Å². The molecular formula is C45H77NO8. The van der Waals surface area contributed by atoms with Crippen LogP contribution in [0.25, 0.3) is 0 Å². The minimum absolute atomic E-state index is 0.136. The van der Waals surface area contributed by atoms with Crippen molar-refractivity contribution in [2.75, 3.05) is 47.5 Å². The van der Waals surface area contributed by atoms with Gasteiger partial charge in [0.1, 0.15) is 13.2 Å². The topological polar surface area (TPSA) is 111 Å². The lowest BCUT2D eigenvalue weighted by Crippen LogP contribution is -2.44. The number of carbonyl (C=O) groups excluding carboxylic acids is 3. The van der Waals surface area contributed by atoms with E-state index in [-0.39, 0.29) is 38.6 Å². The number of likely N-dealkylation sites (N-methyl/N-ethyl adjacent to an activating group) is 1. The van der Waals surface area contributed by atoms with Crippen LogP contribution in [0.5, 0.6) is 0 Å². The van der Waals surface area contributed by atoms with Gasteiger partial charge in [-0.1, -0.05) is 120 Å². The predicted octanol–water partition coefficient (Wildman–Crippen LogP) is 9.27. The molecule has 2 unspecified atom stereocenters. The molecule has 0 bridgehead atoms. The number of carbonyl (C=O) groups is 3. The molecule has 0 saturated carbocycles. The summed E-state index contributed by atoms with van der Waals surface area (Å²) in [5.41, 5.74) is 0. The second-order valence-corrected chi connectivity index (χ2v) is 14.9. The summed E-state index contributed by atoms with van der Waals surface area (Å²) < 4.78 is 22.4. The van der Waals surface area contributed by atoms with Crippen molar-refractivity contribution in [2.24, 2.45) is 0 Å². The van der Waals surface area contributed by atoms with Crippen molar-refractivity contribution in [1.29, 1.82) is 0 Å². The van der Waals surface area contributed by atoms with E-state index in [0.29, 0.717) is 17.4 Å². The van der Waals surface area contributed by atoms with E-state index in [1.807, 2.05) is 21.1 Å². The number of hydrogen-bond acceptors (Lipinski definition) is 8. The first kappa shape index (κ1) is 51.0. The van der Waals surface area contributed by atoms with Crippen molar-refractivity contribution in [3.63, 3.8) is 0 Å². The quantitative estimate of drug-likeness (QED) is 0.0203. The Kier molecular flexibility index (Phi) is 34.9. The molecule has 9 nitrogen and oxygen atoms in total. The van der Waals surface area contributed by atoms with Crippen LogP contribution in [0.2, 0.25) is 0 Å². The molecule has 0 aromatic carbocycles. The van der Waals surface area contributed by atoms with E-state index >= 15 is 0 Å². The molecule has 0 amide bonds. The lowest BCUT2D eigenvalue weighted by molar-refractivity contribution is -0.870. The average molecular weight is 760 g/mol. The zero-order valence-electron chi connectivity index (χ0n) is 34.8. The third kappa shape index (κ3) is 37.3. The fourth-order valence-electron chi connectivity index (χ4n) is 5.22. The number of nitrogens with zero attached hydrogens (tertiary/aromatic N) is 1. The number of allylic oxidation sites excluding steroid dienone is 10. The lowest BCUT2D eigenvalue weighted by Gasteiger charge is -2.26. The number of ether oxygens (including phenoxy) is 4. The Hall–Kier alpha value is -3.01. The fraction of sp³-hybridized carbons (Fsp3) is 0.711. The minimum Gasteiger partial charge on any atom is -0.545 e. The summed E-state index contributed by atoms with van der Waals surface area (Å²) >= 11 is 0. The predicted molar refractivity (Wildman–Crippen MR) is 218 cm³/mol. The Labute approximate surface area is 329 Å². The van der Waals surface area contributed by atoms with Gasteiger partial charge < -0.3 is 33.3 Å². The molecule has 0 aromatic rings. The molecule has 0 saturated heterocycles. The Morgan fingerprint density at radius 3 is 1.63 bits per heavy atom. The molecule has 0 heterocycles. The molecule has 0 aromatic heterocycles. The number of carboxylic acid groups (broad SMARTS) is 1. The van der Waals surface area contributed by atoms with E-state index in [1.54, 1.807) is 0 Å². The largest absolute Gasteiger partial charge is 0.545 e. The van der Waals surface area contributed by atoms with Gasteiger partial charge >= 0.3 is 11.9 Å². The second-order valence-electron chi connectivity index (χ2n) is 14.9. The van der Waals surface area contributed by atoms with E-state index in [4.69, 9.17) is 18.9 Å². The van der Waals surface area contributed by atoms with Crippen LogP contribution >= 0.6 is 0 Å². The maximum atomic E-state index is 12.7. The van der Waals surface area contributed by atoms with Gasteiger partial charge in [-0.15, -0.1) is 0 Å². The maximum absolute atomic E-state index is 12.7. The number of aliphatic carboxylic acids is 1. The first-order valence-electron chi connectivity index (χ1n) is 20.9. The highest BCUT2D eigenvalue weighted by molar-refractivity contribution is 5.70. The van der Waals surface area contributed by atoms with Gasteiger partial charge in [0.2, 0.25) is 0 Å². The van der Waals surface area contributed by atoms with Gasteiger partial charge in [0.05, 0.1) is 40.3 Å². The number of carboxylic acids is 1. The van der Waals surface area contributed by atoms with Crippen LogP contribution in [-0.4, -0.2) is 82.3 Å². The average Bonchev–Trinajstić information content (AvgIpc) is 3.12. The highest BCUT2D eigenvalue weighted by Gasteiger charge is 2.21. The Bertz CT molecular complexity index is 1070. The Morgan fingerprint density at radius 2 is 1.06 bits per heavy atom. The van der Waals surface area contributed by atoms with E-state index in [9.17, 15) is 19.5 Å². The highest BCUT2D eigenvalue weighted by Crippen LogP contribution is 2.11. The van der Waals surface area contributed by atoms with E-state index in [1.165, 1.54) is 38.5 Å². The van der Waals surface area contributed by atoms with Gasteiger partial charge in [-0.25, -0.2) is 0 Å². The SMILES string of the molecule is CC/C=C\C/C=C\C/C=C\C/C=C\CCCCC(=O)OC(COC(=O)CCCCCCC/C=C\CCCCCCC)COC(OCC[N+](C)(C)C)C(=O)[O-]. The van der Waals surface area contributed by atoms with Gasteiger partial charge in [-0.2, -0.15) is 0 Å². The van der Waals surface area contributed by atoms with E-state index < -0.39 is 24.3 Å². The first-order valence-corrected chi connectivity index (χ1v) is 20.9. The first-order chi connectivity index (χ1) is 26.1. The number of esters is 2. The molecule has 0 fully saturated rings. The van der Waals surface area contributed by atoms with Gasteiger partial charge in [0, 0.05) is 12.8 Å². The molecule has 0 radical (unpaired) electrons. The summed E-state index contributed by atoms with van der Waals surface area (Å²) in [6, 6.07) is 0. The van der Waals surface area contributed by atoms with Crippen molar-refractivity contribution in [2.45, 2.75) is 161 Å². The second kappa shape index (κ2) is 36.9. The van der Waals surface area contributed by atoms with Crippen molar-refractivity contribution in [3.8, 4) is 0 Å². The van der Waals surface area contributed by atoms with Crippen molar-refractivity contribution < 1.29 is 42.9 Å². The molecule has 9 heteroatoms. The summed E-state index contributed by atoms with van der Waals surface area (Å²) in [5.74, 6) is -2.36. The summed E-state index contributed by atoms with van der Waals surface area (Å²) in [6.07, 6.45) is 39.7. The Morgan fingerprint density at radius 1 is 0.574 bits per heavy atom. The van der Waals surface area contributed by atoms with E-state index in [0.717, 1.165) is 77.0 Å². The zero-order chi connectivity index (χ0) is 40.0. The monoisotopic (exact) mass is 760 g/mol. The van der Waals surface area contributed by atoms with E-state index in [2.05, 4.69) is 74.6 Å². The van der Waals surface area contributed by atoms with Gasteiger partial charge in [-0.3, -0.25) is 9.59 Å². The number of hydrogen-bond donors (Lipinski definition) is 0. The molecular weight excluding hydrogens is 682 g/mol. The van der Waals surface area contributed by atoms with Crippen molar-refractivity contribution in [1.82, 2.24) is 0 Å². The third-order valence-corrected chi connectivity index (χ3v) is 8.50. The zero-order valence-corrected chi connectivity index (χ0v) is 34.8. The van der Waals surface area contributed by atoms with Gasteiger partial charge in [0.25, 0.3) is 0 Å². The van der Waals surface area contributed by atoms with Gasteiger partial charge in [0.15, 0.2) is 12.4 Å². The Balaban J connectivity index is 4.59. The standard InChI is InChI=1S/C45H77NO8/c1-6-8-10-12-14-16-18-20-22-24-26-28-30-32-34-36-43(48)54-41(40-53-45(44(49)50)51-38-37-46(3,4)5)39-52-42(47)35-33-31-29-27-25-23-21-19-17-15-13-11-9-7-2/h8,10,14,16,19-22,26,28,41,45H,6-7,9,11-13,15,17-18,23-25,27,29-40H2,1-5H3/b10-8-,16-14-,21-19-,22-20-,28-26-. The summed E-state index contributed by atoms with van der Waals surface area (Å²) in [6.45, 7) is 4.53. The van der Waals surface area contributed by atoms with Crippen LogP contribution in [0.4, 0.5) is 0 Å². The van der Waals surface area contributed by atoms with Crippen LogP contribution in [0.1, 0.15) is 149 Å². The normalized spacial score (nSPS) is 13.6. The van der Waals surface area contributed by atoms with Gasteiger partial charge in [-0.05, 0) is 77.0 Å². The molecule has 54 heavy (non-hydrogen) atoms. The van der Waals surface area contributed by atoms with Crippen LogP contribution < -0.4 is 5.11 Å². The van der Waals surface area contributed by atoms with Crippen molar-refractivity contribution in [3.05, 3.63) is 60.8 Å². The smallest absolute Gasteiger partial charge is 0.306 e. The summed E-state index contributed by atoms with van der Waals surface area (Å²) in [7, 11) is 5.88. The maximum Gasteiger partial charge on any atom is 0.306 e. The molecule has 0 aliphatic heterocycles. The summed E-state index contributed by atoms with van der Waals surface area (Å²) in [4.78, 5) is 36.9. The molecule has 2 atom stereocenters. The lowest BCUT2D eigenvalue weighted by atomic mass is 10.1. The molecule has 0 N–H and O–H groups in total. The summed E-state index contributed by atoms with van der Waals surface area (Å²) in [5, 5.41) is 11.7.